The van der Waals surface area contributed by atoms with Crippen molar-refractivity contribution >= 4 is 0 Å². The normalized spacial score (nSPS) is 53.8. The number of hydrogen-bond acceptors (Lipinski definition) is 25. The zero-order valence-electron chi connectivity index (χ0n) is 88.7. The molecule has 132 heavy (non-hydrogen) atoms. The fraction of sp³-hybridized carbons (Fsp3) is 1.00. The van der Waals surface area contributed by atoms with Gasteiger partial charge in [-0.25, -0.2) is 0 Å². The monoisotopic (exact) mass is 1880 g/mol. The second kappa shape index (κ2) is 46.8. The van der Waals surface area contributed by atoms with E-state index in [0.717, 1.165) is 44.9 Å². The zero-order chi connectivity index (χ0) is 96.9. The van der Waals surface area contributed by atoms with Gasteiger partial charge in [0.2, 0.25) is 0 Å². The van der Waals surface area contributed by atoms with Gasteiger partial charge in [0.05, 0.1) is 153 Å². The molecule has 12 fully saturated rings. The molecule has 3 N–H and O–H groups in total. The molecule has 0 spiro atoms. The lowest BCUT2D eigenvalue weighted by molar-refractivity contribution is -0.374. The Balaban J connectivity index is 0.597. The van der Waals surface area contributed by atoms with Crippen molar-refractivity contribution in [3.05, 3.63) is 0 Å². The smallest absolute Gasteiger partial charge is 0.163 e. The maximum atomic E-state index is 12.3. The summed E-state index contributed by atoms with van der Waals surface area (Å²) >= 11 is 0. The summed E-state index contributed by atoms with van der Waals surface area (Å²) in [6.07, 6.45) is -4.80. The topological polar surface area (TPSA) is 264 Å². The number of ether oxygens (including phenoxy) is 22. The zero-order valence-corrected chi connectivity index (χ0v) is 88.7. The molecule has 25 nitrogen and oxygen atoms in total. The SMILES string of the molecule is CCC1O[C@@H](O[C@H]2C(CC)O[C@@H](O[C@H]3C(CC)O[C@@H](O[C@H]4C(C)C(C)[C@@H](O[C@H]5C(C)C(C)[C@@H](O[C@H]6C(CC)O[C@@H](O[C@H]7C(CC)O[C@@H](O[C@H]8C(C)C(C)[C@@H](O[C@H]9C(C)C(C)[C@@H](O[C@H]%10C(CC)O[C@@H](O[C@@H](CC)C(C)C%11[C@@H](O[C@H]%12C(C)C(C)[C@@H](C)O[C@@H]%12CC)C%11(C)O)C(C)[C@H]%10O)O[C@@H]9C)O[C@@H]8CO)C(C)[C@H]7C)C(C)[C@H]6C)O[C@@H]5CC)O[C@@H]4CC)C(C)[C@H]3C)C(C)[C@H]2C)C(C)[C@@H](C)[C@H]1C. The highest BCUT2D eigenvalue weighted by Crippen LogP contribution is 2.56. The molecule has 11 saturated heterocycles. The summed E-state index contributed by atoms with van der Waals surface area (Å²) in [6, 6.07) is 0. The summed E-state index contributed by atoms with van der Waals surface area (Å²) in [6.45, 7) is 78.5. The predicted octanol–water partition coefficient (Wildman–Crippen LogP) is 19.1. The van der Waals surface area contributed by atoms with Crippen molar-refractivity contribution in [1.29, 1.82) is 0 Å². The molecule has 12 rings (SSSR count). The van der Waals surface area contributed by atoms with E-state index in [4.69, 9.17) is 104 Å². The van der Waals surface area contributed by atoms with Crippen LogP contribution >= 0.6 is 0 Å². The lowest BCUT2D eigenvalue weighted by Gasteiger charge is -2.53. The predicted molar refractivity (Wildman–Crippen MR) is 505 cm³/mol. The molecule has 0 amide bonds. The Hall–Kier alpha value is -1.00. The Morgan fingerprint density at radius 2 is 0.477 bits per heavy atom. The third-order valence-electron chi connectivity index (χ3n) is 37.6. The van der Waals surface area contributed by atoms with Crippen LogP contribution in [0.5, 0.6) is 0 Å². The summed E-state index contributed by atoms with van der Waals surface area (Å²) in [7, 11) is 0. The molecule has 60 atom stereocenters. The van der Waals surface area contributed by atoms with Crippen LogP contribution in [0.2, 0.25) is 0 Å². The molecule has 1 saturated carbocycles. The molecule has 25 unspecified atom stereocenters. The molecule has 12 aliphatic rings. The summed E-state index contributed by atoms with van der Waals surface area (Å²) in [5.41, 5.74) is -1.02. The van der Waals surface area contributed by atoms with E-state index in [1.54, 1.807) is 0 Å². The number of aliphatic hydroxyl groups excluding tert-OH is 2. The average Bonchev–Trinajstić information content (AvgIpc) is 1.55. The van der Waals surface area contributed by atoms with Crippen LogP contribution < -0.4 is 0 Å². The van der Waals surface area contributed by atoms with Crippen LogP contribution in [0.4, 0.5) is 0 Å². The summed E-state index contributed by atoms with van der Waals surface area (Å²) in [5.74, 6) is 1.29. The van der Waals surface area contributed by atoms with Crippen LogP contribution in [0.15, 0.2) is 0 Å². The van der Waals surface area contributed by atoms with Gasteiger partial charge >= 0.3 is 0 Å². The first-order chi connectivity index (χ1) is 62.5. The highest BCUT2D eigenvalue weighted by atomic mass is 16.8. The lowest BCUT2D eigenvalue weighted by Crippen LogP contribution is -2.61. The largest absolute Gasteiger partial charge is 0.394 e. The van der Waals surface area contributed by atoms with Gasteiger partial charge in [-0.3, -0.25) is 0 Å². The second-order valence-electron chi connectivity index (χ2n) is 45.3. The third-order valence-corrected chi connectivity index (χ3v) is 37.6. The Morgan fingerprint density at radius 1 is 0.242 bits per heavy atom. The van der Waals surface area contributed by atoms with E-state index < -0.39 is 105 Å². The lowest BCUT2D eigenvalue weighted by atomic mass is 9.78. The minimum atomic E-state index is -1.02. The standard InChI is InChI=1S/C107H192O25/c1-37-73-50(13)48(11)60(23)98(113-73)125-88-53(16)62(25)99(115-76(88)40-4)126-89-54(17)63(26)100(116-77(89)41-5)127-90-55(18)64(27)101(117-78(90)42-6)128-91-56(19)65(28)102(118-79(91)43-7)129-92-57(20)66(29)103(119-80(92)44-8)130-93-58(21)67(30)104(120-81(93)45-9)131-94-59(22)68(31)105(122-83(94)47-108)124-86-52(15)61(24)97(112-72(86)35)132-95-82(46-10)121-106(70(33)85(95)109)114-74(38-2)69(32)84-96(107(84,36)110)123-87-51(14)49(12)71(34)111-75(87)39-3/h48-106,108-110H,37-47H2,1-36H3/t48-,49?,50+,51?,52?,53+,54+,55?,56?,57+,58+,59?,60?,61?,62?,63?,64?,65?,66?,67?,68?,69?,70?,71+,72+,73?,74-,75+,76?,77?,78+,79+,80?,81?,82?,83+,84?,85+,86-,87-,88+,89+,90-,91-,92+,93+,94-,95-,96+,97+,98-,99-,100-,101+,102+,103-,104-,105+,106+,107?/m0/s1. The molecule has 11 aliphatic heterocycles. The molecule has 0 radical (unpaired) electrons. The molecular weight excluding hydrogens is 1690 g/mol. The first-order valence-corrected chi connectivity index (χ1v) is 53.9. The minimum Gasteiger partial charge on any atom is -0.394 e. The third kappa shape index (κ3) is 22.4. The molecule has 11 heterocycles. The first-order valence-electron chi connectivity index (χ1n) is 53.9. The van der Waals surface area contributed by atoms with Crippen LogP contribution in [0.1, 0.15) is 313 Å². The first kappa shape index (κ1) is 110. The highest BCUT2D eigenvalue weighted by molar-refractivity contribution is 5.15. The fourth-order valence-electron chi connectivity index (χ4n) is 25.3. The summed E-state index contributed by atoms with van der Waals surface area (Å²) in [5, 5.41) is 35.3. The molecule has 0 aromatic carbocycles. The van der Waals surface area contributed by atoms with Crippen molar-refractivity contribution in [1.82, 2.24) is 0 Å². The Bertz CT molecular complexity index is 3420. The van der Waals surface area contributed by atoms with Gasteiger partial charge in [-0.15, -0.1) is 0 Å². The summed E-state index contributed by atoms with van der Waals surface area (Å²) < 4.78 is 154. The van der Waals surface area contributed by atoms with E-state index in [9.17, 15) is 15.3 Å². The highest BCUT2D eigenvalue weighted by Gasteiger charge is 2.67. The molecule has 0 aromatic heterocycles. The van der Waals surface area contributed by atoms with Crippen LogP contribution in [-0.4, -0.2) is 243 Å². The molecule has 0 bridgehead atoms. The van der Waals surface area contributed by atoms with E-state index in [2.05, 4.69) is 222 Å². The van der Waals surface area contributed by atoms with Gasteiger partial charge in [-0.1, -0.05) is 228 Å². The van der Waals surface area contributed by atoms with E-state index in [0.29, 0.717) is 37.0 Å². The number of aliphatic hydroxyl groups is 3. The summed E-state index contributed by atoms with van der Waals surface area (Å²) in [4.78, 5) is 0. The van der Waals surface area contributed by atoms with Crippen molar-refractivity contribution in [3.8, 4) is 0 Å². The van der Waals surface area contributed by atoms with Crippen molar-refractivity contribution in [2.75, 3.05) is 6.61 Å². The molecular formula is C107H192O25. The van der Waals surface area contributed by atoms with Gasteiger partial charge in [0.15, 0.2) is 62.9 Å². The van der Waals surface area contributed by atoms with Crippen LogP contribution in [0, 0.1) is 142 Å². The number of hydrogen-bond donors (Lipinski definition) is 3. The molecule has 770 valence electrons. The van der Waals surface area contributed by atoms with E-state index >= 15 is 0 Å². The maximum Gasteiger partial charge on any atom is 0.163 e. The van der Waals surface area contributed by atoms with Gasteiger partial charge in [0, 0.05) is 65.1 Å². The van der Waals surface area contributed by atoms with Crippen molar-refractivity contribution in [2.45, 2.75) is 535 Å². The molecule has 25 heteroatoms. The Kier molecular flexibility index (Phi) is 38.9. The quantitative estimate of drug-likeness (QED) is 0.0532. The van der Waals surface area contributed by atoms with Gasteiger partial charge < -0.3 is 120 Å². The van der Waals surface area contributed by atoms with Gasteiger partial charge in [-0.05, 0) is 162 Å². The van der Waals surface area contributed by atoms with Crippen LogP contribution in [0.3, 0.4) is 0 Å². The van der Waals surface area contributed by atoms with E-state index in [1.165, 1.54) is 0 Å². The van der Waals surface area contributed by atoms with Gasteiger partial charge in [0.25, 0.3) is 0 Å². The fourth-order valence-corrected chi connectivity index (χ4v) is 25.3. The van der Waals surface area contributed by atoms with E-state index in [1.807, 2.05) is 27.7 Å². The van der Waals surface area contributed by atoms with E-state index in [-0.39, 0.29) is 247 Å². The van der Waals surface area contributed by atoms with Crippen LogP contribution in [-0.2, 0) is 104 Å². The number of rotatable bonds is 35. The maximum absolute atomic E-state index is 12.3. The van der Waals surface area contributed by atoms with Crippen molar-refractivity contribution < 1.29 is 120 Å². The average molecular weight is 1880 g/mol. The van der Waals surface area contributed by atoms with Crippen molar-refractivity contribution in [2.24, 2.45) is 142 Å². The Morgan fingerprint density at radius 3 is 0.788 bits per heavy atom. The molecule has 0 aromatic rings. The van der Waals surface area contributed by atoms with Crippen LogP contribution in [0.25, 0.3) is 0 Å². The minimum absolute atomic E-state index is 0.00492. The Labute approximate surface area is 798 Å². The van der Waals surface area contributed by atoms with Gasteiger partial charge in [-0.2, -0.15) is 0 Å². The second-order valence-corrected chi connectivity index (χ2v) is 45.3. The van der Waals surface area contributed by atoms with Crippen molar-refractivity contribution in [3.63, 3.8) is 0 Å². The van der Waals surface area contributed by atoms with Gasteiger partial charge in [0.1, 0.15) is 12.2 Å². The molecule has 1 aliphatic carbocycles.